The Morgan fingerprint density at radius 2 is 2.13 bits per heavy atom. The summed E-state index contributed by atoms with van der Waals surface area (Å²) in [6, 6.07) is 5.99. The molecule has 0 aliphatic rings. The van der Waals surface area contributed by atoms with Crippen LogP contribution in [0.4, 0.5) is 5.69 Å². The first-order valence-electron chi connectivity index (χ1n) is 5.22. The molecule has 0 unspecified atom stereocenters. The van der Waals surface area contributed by atoms with Gasteiger partial charge >= 0.3 is 0 Å². The van der Waals surface area contributed by atoms with Gasteiger partial charge in [0.05, 0.1) is 13.7 Å². The minimum atomic E-state index is 0.164. The van der Waals surface area contributed by atoms with Crippen LogP contribution in [0.2, 0.25) is 0 Å². The number of anilines is 1. The highest BCUT2D eigenvalue weighted by Gasteiger charge is 2.09. The summed E-state index contributed by atoms with van der Waals surface area (Å²) in [5.74, 6) is 0.916. The maximum absolute atomic E-state index is 8.92. The molecule has 0 fully saturated rings. The summed E-state index contributed by atoms with van der Waals surface area (Å²) in [5.41, 5.74) is 2.32. The molecule has 15 heavy (non-hydrogen) atoms. The number of benzene rings is 1. The Balaban J connectivity index is 3.05. The van der Waals surface area contributed by atoms with E-state index in [1.165, 1.54) is 5.56 Å². The van der Waals surface area contributed by atoms with Crippen LogP contribution in [0.15, 0.2) is 18.2 Å². The standard InChI is InChI=1S/C12H19NO2/c1-4-10-11(13(2)8-9-14)6-5-7-12(10)15-3/h5-7,14H,4,8-9H2,1-3H3. The number of nitrogens with zero attached hydrogens (tertiary/aromatic N) is 1. The highest BCUT2D eigenvalue weighted by molar-refractivity contribution is 5.59. The Morgan fingerprint density at radius 1 is 1.40 bits per heavy atom. The van der Waals surface area contributed by atoms with Crippen LogP contribution < -0.4 is 9.64 Å². The van der Waals surface area contributed by atoms with Crippen LogP contribution in [-0.4, -0.2) is 32.4 Å². The van der Waals surface area contributed by atoms with Crippen molar-refractivity contribution in [3.05, 3.63) is 23.8 Å². The zero-order valence-electron chi connectivity index (χ0n) is 9.66. The average molecular weight is 209 g/mol. The van der Waals surface area contributed by atoms with Crippen molar-refractivity contribution in [2.75, 3.05) is 32.2 Å². The van der Waals surface area contributed by atoms with Crippen molar-refractivity contribution >= 4 is 5.69 Å². The molecular formula is C12H19NO2. The third kappa shape index (κ3) is 2.63. The number of ether oxygens (including phenoxy) is 1. The fourth-order valence-corrected chi connectivity index (χ4v) is 1.73. The van der Waals surface area contributed by atoms with Gasteiger partial charge in [-0.05, 0) is 18.6 Å². The summed E-state index contributed by atoms with van der Waals surface area (Å²) < 4.78 is 5.32. The Bertz CT molecular complexity index is 312. The number of hydrogen-bond donors (Lipinski definition) is 1. The first-order valence-corrected chi connectivity index (χ1v) is 5.22. The summed E-state index contributed by atoms with van der Waals surface area (Å²) in [6.07, 6.45) is 0.926. The number of rotatable bonds is 5. The van der Waals surface area contributed by atoms with Gasteiger partial charge in [-0.25, -0.2) is 0 Å². The van der Waals surface area contributed by atoms with E-state index in [0.29, 0.717) is 6.54 Å². The maximum atomic E-state index is 8.92. The lowest BCUT2D eigenvalue weighted by molar-refractivity contribution is 0.304. The van der Waals surface area contributed by atoms with Crippen LogP contribution in [0.3, 0.4) is 0 Å². The van der Waals surface area contributed by atoms with E-state index in [2.05, 4.69) is 13.0 Å². The minimum Gasteiger partial charge on any atom is -0.496 e. The summed E-state index contributed by atoms with van der Waals surface area (Å²) in [5, 5.41) is 8.92. The van der Waals surface area contributed by atoms with Crippen LogP contribution >= 0.6 is 0 Å². The van der Waals surface area contributed by atoms with Gasteiger partial charge in [-0.15, -0.1) is 0 Å². The molecule has 0 bridgehead atoms. The molecule has 0 saturated heterocycles. The lowest BCUT2D eigenvalue weighted by atomic mass is 10.1. The Kier molecular flexibility index (Phi) is 4.43. The van der Waals surface area contributed by atoms with Crippen molar-refractivity contribution in [2.45, 2.75) is 13.3 Å². The molecule has 1 rings (SSSR count). The van der Waals surface area contributed by atoms with Crippen LogP contribution in [-0.2, 0) is 6.42 Å². The van der Waals surface area contributed by atoms with Crippen molar-refractivity contribution in [3.63, 3.8) is 0 Å². The van der Waals surface area contributed by atoms with Crippen LogP contribution in [0, 0.1) is 0 Å². The topological polar surface area (TPSA) is 32.7 Å². The Labute approximate surface area is 91.3 Å². The predicted octanol–water partition coefficient (Wildman–Crippen LogP) is 1.69. The molecule has 1 N–H and O–H groups in total. The second kappa shape index (κ2) is 5.61. The van der Waals surface area contributed by atoms with Crippen molar-refractivity contribution in [3.8, 4) is 5.75 Å². The molecule has 3 heteroatoms. The fourth-order valence-electron chi connectivity index (χ4n) is 1.73. The molecule has 0 amide bonds. The van der Waals surface area contributed by atoms with Gasteiger partial charge in [0.25, 0.3) is 0 Å². The van der Waals surface area contributed by atoms with Gasteiger partial charge in [-0.2, -0.15) is 0 Å². The van der Waals surface area contributed by atoms with Gasteiger partial charge in [-0.3, -0.25) is 0 Å². The van der Waals surface area contributed by atoms with Gasteiger partial charge < -0.3 is 14.7 Å². The number of likely N-dealkylation sites (N-methyl/N-ethyl adjacent to an activating group) is 1. The van der Waals surface area contributed by atoms with E-state index in [1.54, 1.807) is 7.11 Å². The Hall–Kier alpha value is -1.22. The predicted molar refractivity (Wildman–Crippen MR) is 62.7 cm³/mol. The van der Waals surface area contributed by atoms with Crippen molar-refractivity contribution in [1.29, 1.82) is 0 Å². The number of hydrogen-bond acceptors (Lipinski definition) is 3. The van der Waals surface area contributed by atoms with Crippen LogP contribution in [0.5, 0.6) is 5.75 Å². The van der Waals surface area contributed by atoms with E-state index in [0.717, 1.165) is 17.9 Å². The van der Waals surface area contributed by atoms with Gasteiger partial charge in [-0.1, -0.05) is 13.0 Å². The molecule has 0 aliphatic carbocycles. The monoisotopic (exact) mass is 209 g/mol. The minimum absolute atomic E-state index is 0.164. The lowest BCUT2D eigenvalue weighted by Crippen LogP contribution is -2.22. The van der Waals surface area contributed by atoms with Gasteiger partial charge in [0, 0.05) is 24.8 Å². The molecular weight excluding hydrogens is 190 g/mol. The summed E-state index contributed by atoms with van der Waals surface area (Å²) >= 11 is 0. The van der Waals surface area contributed by atoms with E-state index < -0.39 is 0 Å². The molecule has 3 nitrogen and oxygen atoms in total. The molecule has 1 aromatic carbocycles. The summed E-state index contributed by atoms with van der Waals surface area (Å²) in [4.78, 5) is 2.04. The molecule has 1 aromatic rings. The Morgan fingerprint density at radius 3 is 2.67 bits per heavy atom. The first-order chi connectivity index (χ1) is 7.24. The number of methoxy groups -OCH3 is 1. The molecule has 0 aromatic heterocycles. The fraction of sp³-hybridized carbons (Fsp3) is 0.500. The van der Waals surface area contributed by atoms with Gasteiger partial charge in [0.1, 0.15) is 5.75 Å². The largest absolute Gasteiger partial charge is 0.496 e. The van der Waals surface area contributed by atoms with Crippen LogP contribution in [0.1, 0.15) is 12.5 Å². The molecule has 0 heterocycles. The molecule has 0 spiro atoms. The quantitative estimate of drug-likeness (QED) is 0.801. The molecule has 0 radical (unpaired) electrons. The highest BCUT2D eigenvalue weighted by Crippen LogP contribution is 2.28. The average Bonchev–Trinajstić information content (AvgIpc) is 2.28. The summed E-state index contributed by atoms with van der Waals surface area (Å²) in [6.45, 7) is 2.91. The molecule has 0 aliphatic heterocycles. The normalized spacial score (nSPS) is 10.1. The SMILES string of the molecule is CCc1c(OC)cccc1N(C)CCO. The number of aliphatic hydroxyl groups is 1. The van der Waals surface area contributed by atoms with Crippen LogP contribution in [0.25, 0.3) is 0 Å². The molecule has 0 atom stereocenters. The second-order valence-electron chi connectivity index (χ2n) is 3.46. The third-order valence-electron chi connectivity index (χ3n) is 2.53. The van der Waals surface area contributed by atoms with E-state index in [-0.39, 0.29) is 6.61 Å². The lowest BCUT2D eigenvalue weighted by Gasteiger charge is -2.22. The summed E-state index contributed by atoms with van der Waals surface area (Å²) in [7, 11) is 3.66. The van der Waals surface area contributed by atoms with Crippen molar-refractivity contribution in [1.82, 2.24) is 0 Å². The number of aliphatic hydroxyl groups excluding tert-OH is 1. The van der Waals surface area contributed by atoms with E-state index in [4.69, 9.17) is 9.84 Å². The second-order valence-corrected chi connectivity index (χ2v) is 3.46. The van der Waals surface area contributed by atoms with E-state index in [9.17, 15) is 0 Å². The van der Waals surface area contributed by atoms with E-state index >= 15 is 0 Å². The van der Waals surface area contributed by atoms with E-state index in [1.807, 2.05) is 24.1 Å². The zero-order chi connectivity index (χ0) is 11.3. The molecule has 0 saturated carbocycles. The maximum Gasteiger partial charge on any atom is 0.124 e. The van der Waals surface area contributed by atoms with Crippen molar-refractivity contribution in [2.24, 2.45) is 0 Å². The third-order valence-corrected chi connectivity index (χ3v) is 2.53. The van der Waals surface area contributed by atoms with Crippen molar-refractivity contribution < 1.29 is 9.84 Å². The molecule has 84 valence electrons. The smallest absolute Gasteiger partial charge is 0.124 e. The van der Waals surface area contributed by atoms with Gasteiger partial charge in [0.2, 0.25) is 0 Å². The van der Waals surface area contributed by atoms with Gasteiger partial charge in [0.15, 0.2) is 0 Å². The first kappa shape index (κ1) is 11.9. The highest BCUT2D eigenvalue weighted by atomic mass is 16.5. The zero-order valence-corrected chi connectivity index (χ0v) is 9.66.